The Hall–Kier alpha value is -2.15. The lowest BCUT2D eigenvalue weighted by atomic mass is 10.1. The summed E-state index contributed by atoms with van der Waals surface area (Å²) in [7, 11) is -3.71. The maximum atomic E-state index is 13.0. The lowest BCUT2D eigenvalue weighted by molar-refractivity contribution is 0.384. The minimum Gasteiger partial charge on any atom is -0.345 e. The number of sulfonamides is 1. The fraction of sp³-hybridized carbons (Fsp3) is 0.238. The van der Waals surface area contributed by atoms with E-state index in [4.69, 9.17) is 28.2 Å². The van der Waals surface area contributed by atoms with E-state index in [1.165, 1.54) is 27.8 Å². The second-order valence-electron chi connectivity index (χ2n) is 7.05. The molecule has 1 aliphatic heterocycles. The smallest absolute Gasteiger partial charge is 0.244 e. The first-order valence-electron chi connectivity index (χ1n) is 9.51. The molecule has 31 heavy (non-hydrogen) atoms. The van der Waals surface area contributed by atoms with Crippen LogP contribution in [0.2, 0.25) is 10.0 Å². The van der Waals surface area contributed by atoms with E-state index in [-0.39, 0.29) is 10.5 Å². The molecule has 0 unspecified atom stereocenters. The standard InChI is InChI=1S/C21H18Cl2N4O2S2/c22-18-6-5-15(12-19(18)23)11-17-14-30-21(25-17)26-7-9-27(10-8-26)31(28,29)20-4-2-1-3-16(20)13-24/h1-6,12,14H,7-11H2. The highest BCUT2D eigenvalue weighted by molar-refractivity contribution is 7.89. The van der Waals surface area contributed by atoms with Gasteiger partial charge in [-0.05, 0) is 29.8 Å². The van der Waals surface area contributed by atoms with Crippen molar-refractivity contribution in [2.24, 2.45) is 0 Å². The number of nitrogens with zero attached hydrogens (tertiary/aromatic N) is 4. The number of halogens is 2. The Kier molecular flexibility index (Phi) is 6.51. The molecule has 2 aromatic carbocycles. The third-order valence-corrected chi connectivity index (χ3v) is 8.69. The Morgan fingerprint density at radius 3 is 2.52 bits per heavy atom. The number of thiazole rings is 1. The van der Waals surface area contributed by atoms with Gasteiger partial charge in [0.2, 0.25) is 10.0 Å². The summed E-state index contributed by atoms with van der Waals surface area (Å²) in [6.07, 6.45) is 0.646. The van der Waals surface area contributed by atoms with E-state index in [0.29, 0.717) is 42.6 Å². The van der Waals surface area contributed by atoms with Gasteiger partial charge in [-0.2, -0.15) is 9.57 Å². The van der Waals surface area contributed by atoms with Crippen LogP contribution in [0.5, 0.6) is 0 Å². The van der Waals surface area contributed by atoms with Crippen LogP contribution in [0.25, 0.3) is 0 Å². The van der Waals surface area contributed by atoms with Crippen LogP contribution in [0.3, 0.4) is 0 Å². The summed E-state index contributed by atoms with van der Waals surface area (Å²) in [5.41, 5.74) is 2.12. The van der Waals surface area contributed by atoms with Gasteiger partial charge in [0.05, 0.1) is 26.2 Å². The minimum atomic E-state index is -3.71. The normalized spacial score (nSPS) is 15.1. The highest BCUT2D eigenvalue weighted by Gasteiger charge is 2.31. The van der Waals surface area contributed by atoms with Gasteiger partial charge in [-0.15, -0.1) is 11.3 Å². The summed E-state index contributed by atoms with van der Waals surface area (Å²) >= 11 is 13.6. The van der Waals surface area contributed by atoms with E-state index in [1.807, 2.05) is 23.6 Å². The van der Waals surface area contributed by atoms with Gasteiger partial charge in [0.15, 0.2) is 5.13 Å². The van der Waals surface area contributed by atoms with E-state index >= 15 is 0 Å². The molecule has 0 N–H and O–H groups in total. The second-order valence-corrected chi connectivity index (χ2v) is 10.6. The maximum absolute atomic E-state index is 13.0. The average molecular weight is 493 g/mol. The van der Waals surface area contributed by atoms with Gasteiger partial charge in [0.25, 0.3) is 0 Å². The summed E-state index contributed by atoms with van der Waals surface area (Å²) < 4.78 is 27.4. The molecule has 1 aromatic heterocycles. The van der Waals surface area contributed by atoms with Crippen molar-refractivity contribution in [2.75, 3.05) is 31.1 Å². The highest BCUT2D eigenvalue weighted by Crippen LogP contribution is 2.28. The van der Waals surface area contributed by atoms with Crippen LogP contribution in [-0.2, 0) is 16.4 Å². The molecule has 0 spiro atoms. The first-order valence-corrected chi connectivity index (χ1v) is 12.6. The largest absolute Gasteiger partial charge is 0.345 e. The predicted octanol–water partition coefficient (Wildman–Crippen LogP) is 4.42. The van der Waals surface area contributed by atoms with Crippen molar-refractivity contribution in [3.63, 3.8) is 0 Å². The Labute approximate surface area is 195 Å². The molecule has 0 amide bonds. The summed E-state index contributed by atoms with van der Waals surface area (Å²) in [6.45, 7) is 1.74. The molecule has 0 aliphatic carbocycles. The molecule has 1 fully saturated rings. The van der Waals surface area contributed by atoms with Crippen molar-refractivity contribution in [2.45, 2.75) is 11.3 Å². The quantitative estimate of drug-likeness (QED) is 0.526. The van der Waals surface area contributed by atoms with Gasteiger partial charge in [0.1, 0.15) is 6.07 Å². The number of piperazine rings is 1. The molecule has 160 valence electrons. The first kappa shape index (κ1) is 22.1. The fourth-order valence-electron chi connectivity index (χ4n) is 3.42. The Bertz CT molecular complexity index is 1250. The molecule has 10 heteroatoms. The summed E-state index contributed by atoms with van der Waals surface area (Å²) in [5, 5.41) is 13.2. The SMILES string of the molecule is N#Cc1ccccc1S(=O)(=O)N1CCN(c2nc(Cc3ccc(Cl)c(Cl)c3)cs2)CC1. The van der Waals surface area contributed by atoms with Crippen molar-refractivity contribution in [3.05, 3.63) is 74.7 Å². The molecule has 1 saturated heterocycles. The molecular weight excluding hydrogens is 475 g/mol. The van der Waals surface area contributed by atoms with Gasteiger partial charge in [-0.3, -0.25) is 0 Å². The van der Waals surface area contributed by atoms with Crippen LogP contribution in [0.15, 0.2) is 52.7 Å². The lowest BCUT2D eigenvalue weighted by Crippen LogP contribution is -2.48. The van der Waals surface area contributed by atoms with E-state index in [2.05, 4.69) is 4.90 Å². The lowest BCUT2D eigenvalue weighted by Gasteiger charge is -2.33. The van der Waals surface area contributed by atoms with Crippen LogP contribution < -0.4 is 4.90 Å². The average Bonchev–Trinajstić information content (AvgIpc) is 3.25. The Morgan fingerprint density at radius 2 is 1.81 bits per heavy atom. The molecule has 6 nitrogen and oxygen atoms in total. The molecule has 3 aromatic rings. The number of aromatic nitrogens is 1. The van der Waals surface area contributed by atoms with Gasteiger partial charge in [-0.1, -0.05) is 41.4 Å². The second kappa shape index (κ2) is 9.15. The van der Waals surface area contributed by atoms with Crippen molar-refractivity contribution in [3.8, 4) is 6.07 Å². The molecule has 1 aliphatic rings. The molecule has 0 atom stereocenters. The molecule has 2 heterocycles. The highest BCUT2D eigenvalue weighted by atomic mass is 35.5. The number of nitriles is 1. The van der Waals surface area contributed by atoms with Crippen LogP contribution in [0.1, 0.15) is 16.8 Å². The predicted molar refractivity (Wildman–Crippen MR) is 124 cm³/mol. The zero-order valence-corrected chi connectivity index (χ0v) is 19.5. The van der Waals surface area contributed by atoms with Crippen molar-refractivity contribution < 1.29 is 8.42 Å². The number of rotatable bonds is 5. The topological polar surface area (TPSA) is 77.3 Å². The molecular formula is C21H18Cl2N4O2S2. The van der Waals surface area contributed by atoms with E-state index in [0.717, 1.165) is 16.4 Å². The van der Waals surface area contributed by atoms with Crippen LogP contribution in [-0.4, -0.2) is 43.9 Å². The van der Waals surface area contributed by atoms with Gasteiger partial charge in [0, 0.05) is 38.0 Å². The van der Waals surface area contributed by atoms with Crippen LogP contribution in [0.4, 0.5) is 5.13 Å². The van der Waals surface area contributed by atoms with E-state index in [1.54, 1.807) is 18.2 Å². The number of benzene rings is 2. The molecule has 0 bridgehead atoms. The van der Waals surface area contributed by atoms with E-state index < -0.39 is 10.0 Å². The van der Waals surface area contributed by atoms with E-state index in [9.17, 15) is 13.7 Å². The maximum Gasteiger partial charge on any atom is 0.244 e. The Balaban J connectivity index is 1.42. The fourth-order valence-corrected chi connectivity index (χ4v) is 6.19. The van der Waals surface area contributed by atoms with Crippen molar-refractivity contribution >= 4 is 49.7 Å². The minimum absolute atomic E-state index is 0.0594. The third kappa shape index (κ3) is 4.71. The Morgan fingerprint density at radius 1 is 1.06 bits per heavy atom. The van der Waals surface area contributed by atoms with Gasteiger partial charge in [-0.25, -0.2) is 13.4 Å². The summed E-state index contributed by atoms with van der Waals surface area (Å²) in [4.78, 5) is 6.86. The van der Waals surface area contributed by atoms with Gasteiger partial charge < -0.3 is 4.90 Å². The third-order valence-electron chi connectivity index (χ3n) is 5.04. The van der Waals surface area contributed by atoms with Gasteiger partial charge >= 0.3 is 0 Å². The molecule has 4 rings (SSSR count). The van der Waals surface area contributed by atoms with Crippen LogP contribution >= 0.6 is 34.5 Å². The van der Waals surface area contributed by atoms with Crippen molar-refractivity contribution in [1.29, 1.82) is 5.26 Å². The summed E-state index contributed by atoms with van der Waals surface area (Å²) in [5.74, 6) is 0. The molecule has 0 saturated carbocycles. The zero-order valence-electron chi connectivity index (χ0n) is 16.3. The first-order chi connectivity index (χ1) is 14.9. The van der Waals surface area contributed by atoms with Crippen LogP contribution in [0, 0.1) is 11.3 Å². The summed E-state index contributed by atoms with van der Waals surface area (Å²) in [6, 6.07) is 13.8. The number of anilines is 1. The zero-order chi connectivity index (χ0) is 22.0. The monoisotopic (exact) mass is 492 g/mol. The number of hydrogen-bond acceptors (Lipinski definition) is 6. The molecule has 0 radical (unpaired) electrons. The van der Waals surface area contributed by atoms with Crippen molar-refractivity contribution in [1.82, 2.24) is 9.29 Å². The number of hydrogen-bond donors (Lipinski definition) is 0.